The van der Waals surface area contributed by atoms with E-state index >= 15 is 0 Å². The van der Waals surface area contributed by atoms with Gasteiger partial charge in [0.05, 0.1) is 7.11 Å². The average molecular weight is 306 g/mol. The topological polar surface area (TPSA) is 24.5 Å². The van der Waals surface area contributed by atoms with E-state index in [0.29, 0.717) is 6.04 Å². The van der Waals surface area contributed by atoms with Crippen LogP contribution in [-0.4, -0.2) is 49.7 Å². The third-order valence-corrected chi connectivity index (χ3v) is 5.53. The molecule has 0 radical (unpaired) electrons. The van der Waals surface area contributed by atoms with E-state index in [2.05, 4.69) is 40.2 Å². The van der Waals surface area contributed by atoms with Crippen LogP contribution in [-0.2, 0) is 6.42 Å². The SMILES string of the molecule is COc1ccc2c(c1)C(NCCN1CCSCC1)CCC2. The van der Waals surface area contributed by atoms with E-state index < -0.39 is 0 Å². The van der Waals surface area contributed by atoms with Gasteiger partial charge in [-0.1, -0.05) is 6.07 Å². The van der Waals surface area contributed by atoms with Gasteiger partial charge in [-0.25, -0.2) is 0 Å². The van der Waals surface area contributed by atoms with E-state index in [9.17, 15) is 0 Å². The Labute approximate surface area is 132 Å². The molecule has 1 heterocycles. The third-order valence-electron chi connectivity index (χ3n) is 4.59. The number of aryl methyl sites for hydroxylation is 1. The first kappa shape index (κ1) is 15.2. The van der Waals surface area contributed by atoms with Gasteiger partial charge in [0.25, 0.3) is 0 Å². The highest BCUT2D eigenvalue weighted by Gasteiger charge is 2.20. The largest absolute Gasteiger partial charge is 0.497 e. The van der Waals surface area contributed by atoms with Crippen LogP contribution in [0, 0.1) is 0 Å². The van der Waals surface area contributed by atoms with Crippen molar-refractivity contribution in [3.63, 3.8) is 0 Å². The number of benzene rings is 1. The van der Waals surface area contributed by atoms with Crippen molar-refractivity contribution in [1.82, 2.24) is 10.2 Å². The lowest BCUT2D eigenvalue weighted by Gasteiger charge is -2.30. The summed E-state index contributed by atoms with van der Waals surface area (Å²) in [5, 5.41) is 3.77. The predicted octanol–water partition coefficient (Wildman–Crippen LogP) is 2.71. The summed E-state index contributed by atoms with van der Waals surface area (Å²) in [5.41, 5.74) is 2.95. The monoisotopic (exact) mass is 306 g/mol. The Morgan fingerprint density at radius 1 is 1.33 bits per heavy atom. The summed E-state index contributed by atoms with van der Waals surface area (Å²) in [5.74, 6) is 3.57. The second-order valence-electron chi connectivity index (χ2n) is 5.92. The van der Waals surface area contributed by atoms with Crippen molar-refractivity contribution in [2.75, 3.05) is 44.8 Å². The van der Waals surface area contributed by atoms with Crippen molar-refractivity contribution >= 4 is 11.8 Å². The van der Waals surface area contributed by atoms with Gasteiger partial charge in [0.1, 0.15) is 5.75 Å². The van der Waals surface area contributed by atoms with Gasteiger partial charge in [-0.3, -0.25) is 0 Å². The molecule has 1 aromatic carbocycles. The average Bonchev–Trinajstić information content (AvgIpc) is 2.55. The van der Waals surface area contributed by atoms with Gasteiger partial charge in [0.15, 0.2) is 0 Å². The Hall–Kier alpha value is -0.710. The van der Waals surface area contributed by atoms with Crippen molar-refractivity contribution in [3.8, 4) is 5.75 Å². The van der Waals surface area contributed by atoms with Crippen LogP contribution in [0.25, 0.3) is 0 Å². The Kier molecular flexibility index (Phi) is 5.44. The van der Waals surface area contributed by atoms with Gasteiger partial charge in [0, 0.05) is 43.7 Å². The first-order chi connectivity index (χ1) is 10.4. The molecule has 1 aliphatic heterocycles. The predicted molar refractivity (Wildman–Crippen MR) is 90.4 cm³/mol. The van der Waals surface area contributed by atoms with E-state index in [0.717, 1.165) is 12.3 Å². The fourth-order valence-electron chi connectivity index (χ4n) is 3.34. The number of rotatable bonds is 5. The van der Waals surface area contributed by atoms with Crippen LogP contribution < -0.4 is 10.1 Å². The van der Waals surface area contributed by atoms with Crippen molar-refractivity contribution in [2.45, 2.75) is 25.3 Å². The van der Waals surface area contributed by atoms with Gasteiger partial charge in [-0.2, -0.15) is 11.8 Å². The van der Waals surface area contributed by atoms with Crippen LogP contribution in [0.1, 0.15) is 30.0 Å². The zero-order valence-electron chi connectivity index (χ0n) is 12.9. The van der Waals surface area contributed by atoms with E-state index in [1.54, 1.807) is 7.11 Å². The minimum absolute atomic E-state index is 0.503. The van der Waals surface area contributed by atoms with E-state index in [1.165, 1.54) is 61.5 Å². The lowest BCUT2D eigenvalue weighted by molar-refractivity contribution is 0.291. The van der Waals surface area contributed by atoms with Gasteiger partial charge in [-0.15, -0.1) is 0 Å². The van der Waals surface area contributed by atoms with Crippen molar-refractivity contribution in [1.29, 1.82) is 0 Å². The first-order valence-corrected chi connectivity index (χ1v) is 9.22. The molecule has 0 saturated carbocycles. The van der Waals surface area contributed by atoms with Crippen LogP contribution >= 0.6 is 11.8 Å². The molecule has 1 unspecified atom stereocenters. The fraction of sp³-hybridized carbons (Fsp3) is 0.647. The minimum Gasteiger partial charge on any atom is -0.497 e. The Balaban J connectivity index is 1.56. The number of ether oxygens (including phenoxy) is 1. The molecule has 116 valence electrons. The molecule has 4 heteroatoms. The number of fused-ring (bicyclic) bond motifs is 1. The summed E-state index contributed by atoms with van der Waals surface area (Å²) < 4.78 is 5.39. The molecular weight excluding hydrogens is 280 g/mol. The molecule has 0 aromatic heterocycles. The van der Waals surface area contributed by atoms with E-state index in [1.807, 2.05) is 0 Å². The third kappa shape index (κ3) is 3.93. The summed E-state index contributed by atoms with van der Waals surface area (Å²) in [7, 11) is 1.75. The molecule has 1 aromatic rings. The van der Waals surface area contributed by atoms with Crippen molar-refractivity contribution < 1.29 is 4.74 Å². The van der Waals surface area contributed by atoms with Crippen LogP contribution in [0.2, 0.25) is 0 Å². The molecule has 1 fully saturated rings. The van der Waals surface area contributed by atoms with Gasteiger partial charge in [-0.05, 0) is 42.5 Å². The second kappa shape index (κ2) is 7.52. The highest BCUT2D eigenvalue weighted by Crippen LogP contribution is 2.32. The van der Waals surface area contributed by atoms with Crippen LogP contribution in [0.5, 0.6) is 5.75 Å². The number of thioether (sulfide) groups is 1. The smallest absolute Gasteiger partial charge is 0.119 e. The molecule has 1 aliphatic carbocycles. The molecule has 0 bridgehead atoms. The lowest BCUT2D eigenvalue weighted by atomic mass is 9.87. The molecule has 3 nitrogen and oxygen atoms in total. The molecular formula is C17H26N2OS. The zero-order valence-corrected chi connectivity index (χ0v) is 13.8. The maximum atomic E-state index is 5.39. The molecule has 1 N–H and O–H groups in total. The number of hydrogen-bond acceptors (Lipinski definition) is 4. The van der Waals surface area contributed by atoms with E-state index in [4.69, 9.17) is 4.74 Å². The van der Waals surface area contributed by atoms with Gasteiger partial charge < -0.3 is 15.0 Å². The lowest BCUT2D eigenvalue weighted by Crippen LogP contribution is -2.39. The molecule has 0 amide bonds. The standard InChI is InChI=1S/C17H26N2OS/c1-20-15-6-5-14-3-2-4-17(16(14)13-15)18-7-8-19-9-11-21-12-10-19/h5-6,13,17-18H,2-4,7-12H2,1H3. The summed E-state index contributed by atoms with van der Waals surface area (Å²) in [6.45, 7) is 4.77. The Morgan fingerprint density at radius 3 is 3.00 bits per heavy atom. The highest BCUT2D eigenvalue weighted by molar-refractivity contribution is 7.99. The summed E-state index contributed by atoms with van der Waals surface area (Å²) >= 11 is 2.08. The number of nitrogens with one attached hydrogen (secondary N) is 1. The van der Waals surface area contributed by atoms with E-state index in [-0.39, 0.29) is 0 Å². The minimum atomic E-state index is 0.503. The number of nitrogens with zero attached hydrogens (tertiary/aromatic N) is 1. The van der Waals surface area contributed by atoms with Crippen molar-refractivity contribution in [2.24, 2.45) is 0 Å². The number of hydrogen-bond donors (Lipinski definition) is 1. The summed E-state index contributed by atoms with van der Waals surface area (Å²) in [6, 6.07) is 7.06. The molecule has 0 spiro atoms. The zero-order chi connectivity index (χ0) is 14.5. The second-order valence-corrected chi connectivity index (χ2v) is 7.14. The van der Waals surface area contributed by atoms with Gasteiger partial charge in [0.2, 0.25) is 0 Å². The molecule has 1 atom stereocenters. The molecule has 1 saturated heterocycles. The van der Waals surface area contributed by atoms with Crippen LogP contribution in [0.4, 0.5) is 0 Å². The van der Waals surface area contributed by atoms with Gasteiger partial charge >= 0.3 is 0 Å². The maximum absolute atomic E-state index is 5.39. The Morgan fingerprint density at radius 2 is 2.19 bits per heavy atom. The summed E-state index contributed by atoms with van der Waals surface area (Å²) in [6.07, 6.45) is 3.74. The first-order valence-electron chi connectivity index (χ1n) is 8.07. The fourth-order valence-corrected chi connectivity index (χ4v) is 4.32. The Bertz CT molecular complexity index is 460. The molecule has 3 rings (SSSR count). The van der Waals surface area contributed by atoms with Crippen LogP contribution in [0.3, 0.4) is 0 Å². The summed E-state index contributed by atoms with van der Waals surface area (Å²) in [4.78, 5) is 2.58. The number of methoxy groups -OCH3 is 1. The highest BCUT2D eigenvalue weighted by atomic mass is 32.2. The normalized spacial score (nSPS) is 22.8. The van der Waals surface area contributed by atoms with Crippen LogP contribution in [0.15, 0.2) is 18.2 Å². The molecule has 21 heavy (non-hydrogen) atoms. The molecule has 2 aliphatic rings. The maximum Gasteiger partial charge on any atom is 0.119 e. The van der Waals surface area contributed by atoms with Crippen molar-refractivity contribution in [3.05, 3.63) is 29.3 Å². The quantitative estimate of drug-likeness (QED) is 0.904.